The van der Waals surface area contributed by atoms with Crippen molar-refractivity contribution in [2.24, 2.45) is 5.92 Å². The van der Waals surface area contributed by atoms with Crippen LogP contribution in [-0.4, -0.2) is 40.8 Å². The van der Waals surface area contributed by atoms with E-state index < -0.39 is 5.60 Å². The Morgan fingerprint density at radius 1 is 1.33 bits per heavy atom. The van der Waals surface area contributed by atoms with E-state index >= 15 is 0 Å². The van der Waals surface area contributed by atoms with E-state index in [-0.39, 0.29) is 12.1 Å². The van der Waals surface area contributed by atoms with Gasteiger partial charge in [0, 0.05) is 30.5 Å². The van der Waals surface area contributed by atoms with E-state index in [0.29, 0.717) is 5.92 Å². The molecule has 0 aromatic carbocycles. The standard InChI is InChI=1S/C18H30N4O2/c1-12-10-13(2)20-16(19-12)22-9-7-8-15(11-22)14(3)21-17(23)24-18(4,5)6/h10,14-15H,7-9,11H2,1-6H3,(H,21,23). The van der Waals surface area contributed by atoms with Crippen LogP contribution in [0.25, 0.3) is 0 Å². The Hall–Kier alpha value is -1.85. The van der Waals surface area contributed by atoms with Gasteiger partial charge in [0.1, 0.15) is 5.60 Å². The summed E-state index contributed by atoms with van der Waals surface area (Å²) in [4.78, 5) is 23.3. The number of nitrogens with zero attached hydrogens (tertiary/aromatic N) is 3. The summed E-state index contributed by atoms with van der Waals surface area (Å²) < 4.78 is 5.35. The van der Waals surface area contributed by atoms with Crippen molar-refractivity contribution in [3.05, 3.63) is 17.5 Å². The van der Waals surface area contributed by atoms with Gasteiger partial charge in [0.2, 0.25) is 5.95 Å². The molecule has 0 radical (unpaired) electrons. The Bertz CT molecular complexity index is 563. The zero-order valence-corrected chi connectivity index (χ0v) is 15.7. The molecule has 1 aromatic rings. The van der Waals surface area contributed by atoms with Crippen molar-refractivity contribution < 1.29 is 9.53 Å². The number of rotatable bonds is 3. The summed E-state index contributed by atoms with van der Waals surface area (Å²) in [6.07, 6.45) is 1.80. The quantitative estimate of drug-likeness (QED) is 0.919. The van der Waals surface area contributed by atoms with Gasteiger partial charge in [-0.25, -0.2) is 14.8 Å². The molecule has 0 spiro atoms. The predicted octanol–water partition coefficient (Wildman–Crippen LogP) is 3.22. The fourth-order valence-corrected chi connectivity index (χ4v) is 3.06. The largest absolute Gasteiger partial charge is 0.444 e. The molecule has 1 amide bonds. The Morgan fingerprint density at radius 2 is 1.96 bits per heavy atom. The molecule has 1 aromatic heterocycles. The Morgan fingerprint density at radius 3 is 2.54 bits per heavy atom. The lowest BCUT2D eigenvalue weighted by Gasteiger charge is -2.36. The molecule has 2 unspecified atom stereocenters. The maximum absolute atomic E-state index is 12.0. The van der Waals surface area contributed by atoms with Gasteiger partial charge in [0.15, 0.2) is 0 Å². The maximum Gasteiger partial charge on any atom is 0.407 e. The second-order valence-electron chi connectivity index (χ2n) is 7.73. The van der Waals surface area contributed by atoms with E-state index in [1.54, 1.807) is 0 Å². The third-order valence-electron chi connectivity index (χ3n) is 4.16. The summed E-state index contributed by atoms with van der Waals surface area (Å²) in [5.74, 6) is 1.15. The van der Waals surface area contributed by atoms with Crippen LogP contribution >= 0.6 is 0 Å². The number of aryl methyl sites for hydroxylation is 2. The SMILES string of the molecule is Cc1cc(C)nc(N2CCCC(C(C)NC(=O)OC(C)(C)C)C2)n1. The van der Waals surface area contributed by atoms with Crippen LogP contribution in [0.3, 0.4) is 0 Å². The summed E-state index contributed by atoms with van der Waals surface area (Å²) in [5.41, 5.74) is 1.49. The zero-order chi connectivity index (χ0) is 17.9. The number of ether oxygens (including phenoxy) is 1. The minimum Gasteiger partial charge on any atom is -0.444 e. The Kier molecular flexibility index (Phi) is 5.67. The predicted molar refractivity (Wildman–Crippen MR) is 95.3 cm³/mol. The normalized spacial score (nSPS) is 19.8. The molecule has 1 saturated heterocycles. The number of carbonyl (C=O) groups excluding carboxylic acids is 1. The molecular weight excluding hydrogens is 304 g/mol. The second-order valence-corrected chi connectivity index (χ2v) is 7.73. The van der Waals surface area contributed by atoms with E-state index in [4.69, 9.17) is 4.74 Å². The van der Waals surface area contributed by atoms with Gasteiger partial charge in [-0.3, -0.25) is 0 Å². The number of nitrogens with one attached hydrogen (secondary N) is 1. The topological polar surface area (TPSA) is 67.4 Å². The van der Waals surface area contributed by atoms with Crippen molar-refractivity contribution in [1.29, 1.82) is 0 Å². The average molecular weight is 334 g/mol. The molecule has 0 bridgehead atoms. The highest BCUT2D eigenvalue weighted by Gasteiger charge is 2.28. The van der Waals surface area contributed by atoms with Crippen LogP contribution < -0.4 is 10.2 Å². The summed E-state index contributed by atoms with van der Waals surface area (Å²) in [5, 5.41) is 2.97. The lowest BCUT2D eigenvalue weighted by molar-refractivity contribution is 0.0489. The van der Waals surface area contributed by atoms with Gasteiger partial charge < -0.3 is 15.0 Å². The van der Waals surface area contributed by atoms with E-state index in [0.717, 1.165) is 43.3 Å². The van der Waals surface area contributed by atoms with Crippen molar-refractivity contribution in [2.75, 3.05) is 18.0 Å². The van der Waals surface area contributed by atoms with Crippen LogP contribution in [0.15, 0.2) is 6.07 Å². The van der Waals surface area contributed by atoms with E-state index in [9.17, 15) is 4.79 Å². The molecule has 6 heteroatoms. The van der Waals surface area contributed by atoms with Crippen molar-refractivity contribution >= 4 is 12.0 Å². The smallest absolute Gasteiger partial charge is 0.407 e. The average Bonchev–Trinajstić information content (AvgIpc) is 2.44. The monoisotopic (exact) mass is 334 g/mol. The molecule has 134 valence electrons. The molecule has 2 atom stereocenters. The van der Waals surface area contributed by atoms with Crippen LogP contribution in [0, 0.1) is 19.8 Å². The Labute approximate surface area is 145 Å². The first kappa shape index (κ1) is 18.5. The van der Waals surface area contributed by atoms with Crippen molar-refractivity contribution in [1.82, 2.24) is 15.3 Å². The van der Waals surface area contributed by atoms with Crippen molar-refractivity contribution in [2.45, 2.75) is 66.0 Å². The summed E-state index contributed by atoms with van der Waals surface area (Å²) >= 11 is 0. The lowest BCUT2D eigenvalue weighted by Crippen LogP contribution is -2.47. The van der Waals surface area contributed by atoms with Crippen molar-refractivity contribution in [3.8, 4) is 0 Å². The maximum atomic E-state index is 12.0. The molecular formula is C18H30N4O2. The van der Waals surface area contributed by atoms with Gasteiger partial charge in [-0.15, -0.1) is 0 Å². The molecule has 0 aliphatic carbocycles. The number of anilines is 1. The molecule has 1 fully saturated rings. The number of amides is 1. The minimum atomic E-state index is -0.477. The van der Waals surface area contributed by atoms with Gasteiger partial charge in [0.25, 0.3) is 0 Å². The van der Waals surface area contributed by atoms with Gasteiger partial charge >= 0.3 is 6.09 Å². The fourth-order valence-electron chi connectivity index (χ4n) is 3.06. The van der Waals surface area contributed by atoms with Crippen molar-refractivity contribution in [3.63, 3.8) is 0 Å². The molecule has 6 nitrogen and oxygen atoms in total. The highest BCUT2D eigenvalue weighted by Crippen LogP contribution is 2.23. The van der Waals surface area contributed by atoms with Gasteiger partial charge in [-0.05, 0) is 66.4 Å². The third-order valence-corrected chi connectivity index (χ3v) is 4.16. The first-order chi connectivity index (χ1) is 11.1. The number of hydrogen-bond donors (Lipinski definition) is 1. The molecule has 2 heterocycles. The number of carbonyl (C=O) groups is 1. The molecule has 1 aliphatic rings. The zero-order valence-electron chi connectivity index (χ0n) is 15.7. The van der Waals surface area contributed by atoms with Gasteiger partial charge in [0.05, 0.1) is 0 Å². The minimum absolute atomic E-state index is 0.0496. The van der Waals surface area contributed by atoms with Crippen LogP contribution in [0.2, 0.25) is 0 Å². The van der Waals surface area contributed by atoms with Gasteiger partial charge in [-0.1, -0.05) is 0 Å². The van der Waals surface area contributed by atoms with Crippen LogP contribution in [0.4, 0.5) is 10.7 Å². The summed E-state index contributed by atoms with van der Waals surface area (Å²) in [7, 11) is 0. The van der Waals surface area contributed by atoms with E-state index in [1.807, 2.05) is 47.6 Å². The first-order valence-corrected chi connectivity index (χ1v) is 8.71. The number of piperidine rings is 1. The molecule has 1 N–H and O–H groups in total. The molecule has 1 aliphatic heterocycles. The van der Waals surface area contributed by atoms with E-state index in [2.05, 4.69) is 20.2 Å². The van der Waals surface area contributed by atoms with Crippen LogP contribution in [-0.2, 0) is 4.74 Å². The van der Waals surface area contributed by atoms with Crippen LogP contribution in [0.1, 0.15) is 51.9 Å². The lowest BCUT2D eigenvalue weighted by atomic mass is 9.92. The number of aromatic nitrogens is 2. The Balaban J connectivity index is 1.98. The first-order valence-electron chi connectivity index (χ1n) is 8.71. The highest BCUT2D eigenvalue weighted by atomic mass is 16.6. The molecule has 24 heavy (non-hydrogen) atoms. The van der Waals surface area contributed by atoms with E-state index in [1.165, 1.54) is 0 Å². The summed E-state index contributed by atoms with van der Waals surface area (Å²) in [6.45, 7) is 13.4. The fraction of sp³-hybridized carbons (Fsp3) is 0.722. The van der Waals surface area contributed by atoms with Crippen LogP contribution in [0.5, 0.6) is 0 Å². The van der Waals surface area contributed by atoms with Gasteiger partial charge in [-0.2, -0.15) is 0 Å². The summed E-state index contributed by atoms with van der Waals surface area (Å²) in [6, 6.07) is 2.03. The second kappa shape index (κ2) is 7.36. The number of hydrogen-bond acceptors (Lipinski definition) is 5. The molecule has 0 saturated carbocycles. The highest BCUT2D eigenvalue weighted by molar-refractivity contribution is 5.68. The third kappa shape index (κ3) is 5.35. The molecule has 2 rings (SSSR count). The number of alkyl carbamates (subject to hydrolysis) is 1.